The lowest BCUT2D eigenvalue weighted by molar-refractivity contribution is 0.252. The van der Waals surface area contributed by atoms with Gasteiger partial charge in [0.05, 0.1) is 0 Å². The Morgan fingerprint density at radius 1 is 0.950 bits per heavy atom. The zero-order valence-electron chi connectivity index (χ0n) is 11.1. The molecular formula is C16H17F2NS. The van der Waals surface area contributed by atoms with Crippen molar-refractivity contribution < 1.29 is 8.78 Å². The van der Waals surface area contributed by atoms with Gasteiger partial charge in [-0.1, -0.05) is 42.1 Å². The number of hydrogen-bond donors (Lipinski definition) is 1. The molecule has 1 N–H and O–H groups in total. The van der Waals surface area contributed by atoms with Crippen molar-refractivity contribution in [2.24, 2.45) is 0 Å². The molecule has 0 aromatic heterocycles. The summed E-state index contributed by atoms with van der Waals surface area (Å²) in [5.74, 6) is -2.36. The molecule has 0 aliphatic rings. The zero-order chi connectivity index (χ0) is 14.2. The van der Waals surface area contributed by atoms with Gasteiger partial charge in [-0.05, 0) is 42.7 Å². The third-order valence-corrected chi connectivity index (χ3v) is 3.62. The van der Waals surface area contributed by atoms with Gasteiger partial charge in [-0.15, -0.1) is 0 Å². The maximum absolute atomic E-state index is 12.2. The number of anilines is 1. The largest absolute Gasteiger partial charge is 0.385 e. The van der Waals surface area contributed by atoms with Crippen LogP contribution in [0.5, 0.6) is 0 Å². The maximum Gasteiger partial charge on any atom is 0.288 e. The first-order chi connectivity index (χ1) is 9.74. The summed E-state index contributed by atoms with van der Waals surface area (Å²) in [5.41, 5.74) is 2.30. The van der Waals surface area contributed by atoms with Crippen molar-refractivity contribution in [2.45, 2.75) is 23.5 Å². The summed E-state index contributed by atoms with van der Waals surface area (Å²) in [7, 11) is 0. The Kier molecular flexibility index (Phi) is 5.87. The molecular weight excluding hydrogens is 276 g/mol. The molecule has 0 fully saturated rings. The normalized spacial score (nSPS) is 10.8. The molecule has 0 bridgehead atoms. The first-order valence-corrected chi connectivity index (χ1v) is 7.45. The van der Waals surface area contributed by atoms with Crippen LogP contribution in [0.15, 0.2) is 59.5 Å². The Bertz CT molecular complexity index is 500. The van der Waals surface area contributed by atoms with Crippen molar-refractivity contribution in [1.82, 2.24) is 0 Å². The fraction of sp³-hybridized carbons (Fsp3) is 0.250. The van der Waals surface area contributed by atoms with E-state index in [4.69, 9.17) is 0 Å². The van der Waals surface area contributed by atoms with Crippen molar-refractivity contribution in [3.63, 3.8) is 0 Å². The molecule has 1 nitrogen and oxygen atoms in total. The van der Waals surface area contributed by atoms with E-state index < -0.39 is 5.76 Å². The molecule has 0 amide bonds. The molecule has 2 aromatic rings. The van der Waals surface area contributed by atoms with Gasteiger partial charge in [-0.25, -0.2) is 0 Å². The van der Waals surface area contributed by atoms with Crippen LogP contribution < -0.4 is 5.32 Å². The van der Waals surface area contributed by atoms with Crippen LogP contribution in [0, 0.1) is 0 Å². The molecule has 20 heavy (non-hydrogen) atoms. The van der Waals surface area contributed by atoms with Crippen molar-refractivity contribution in [3.05, 3.63) is 60.2 Å². The molecule has 0 aliphatic carbocycles. The van der Waals surface area contributed by atoms with Gasteiger partial charge in [-0.2, -0.15) is 8.78 Å². The van der Waals surface area contributed by atoms with Crippen LogP contribution >= 0.6 is 11.8 Å². The highest BCUT2D eigenvalue weighted by molar-refractivity contribution is 7.99. The lowest BCUT2D eigenvalue weighted by Crippen LogP contribution is -2.02. The quantitative estimate of drug-likeness (QED) is 0.566. The maximum atomic E-state index is 12.2. The van der Waals surface area contributed by atoms with Gasteiger partial charge in [0.2, 0.25) is 0 Å². The van der Waals surface area contributed by atoms with Crippen LogP contribution in [0.1, 0.15) is 12.0 Å². The van der Waals surface area contributed by atoms with E-state index in [9.17, 15) is 8.78 Å². The fourth-order valence-electron chi connectivity index (χ4n) is 1.92. The van der Waals surface area contributed by atoms with Gasteiger partial charge >= 0.3 is 0 Å². The zero-order valence-corrected chi connectivity index (χ0v) is 11.9. The van der Waals surface area contributed by atoms with E-state index in [2.05, 4.69) is 17.4 Å². The summed E-state index contributed by atoms with van der Waals surface area (Å²) in [4.78, 5) is 0.592. The first-order valence-electron chi connectivity index (χ1n) is 6.57. The summed E-state index contributed by atoms with van der Waals surface area (Å²) in [6, 6.07) is 17.5. The number of alkyl halides is 2. The molecule has 0 radical (unpaired) electrons. The van der Waals surface area contributed by atoms with Crippen molar-refractivity contribution in [2.75, 3.05) is 11.9 Å². The Balaban J connectivity index is 1.71. The van der Waals surface area contributed by atoms with Crippen LogP contribution in [0.2, 0.25) is 0 Å². The second-order valence-electron chi connectivity index (χ2n) is 4.42. The van der Waals surface area contributed by atoms with Gasteiger partial charge in [0.15, 0.2) is 0 Å². The number of nitrogens with one attached hydrogen (secondary N) is 1. The minimum atomic E-state index is -2.36. The van der Waals surface area contributed by atoms with Gasteiger partial charge in [0.25, 0.3) is 5.76 Å². The van der Waals surface area contributed by atoms with Crippen molar-refractivity contribution in [3.8, 4) is 0 Å². The number of rotatable bonds is 7. The molecule has 0 spiro atoms. The van der Waals surface area contributed by atoms with Crippen molar-refractivity contribution in [1.29, 1.82) is 0 Å². The standard InChI is InChI=1S/C16H17F2NS/c17-16(18)20-15-10-8-14(9-11-15)19-12-4-7-13-5-2-1-3-6-13/h1-3,5-6,8-11,16,19H,4,7,12H2. The van der Waals surface area contributed by atoms with Crippen LogP contribution in [0.25, 0.3) is 0 Å². The lowest BCUT2D eigenvalue weighted by atomic mass is 10.1. The van der Waals surface area contributed by atoms with E-state index in [-0.39, 0.29) is 0 Å². The predicted octanol–water partition coefficient (Wildman–Crippen LogP) is 5.05. The topological polar surface area (TPSA) is 12.0 Å². The molecule has 2 rings (SSSR count). The Morgan fingerprint density at radius 2 is 1.65 bits per heavy atom. The van der Waals surface area contributed by atoms with Crippen molar-refractivity contribution >= 4 is 17.4 Å². The van der Waals surface area contributed by atoms with Crippen LogP contribution in [-0.2, 0) is 6.42 Å². The summed E-state index contributed by atoms with van der Waals surface area (Å²) in [5, 5.41) is 3.30. The average Bonchev–Trinajstić information content (AvgIpc) is 2.46. The van der Waals surface area contributed by atoms with Gasteiger partial charge in [-0.3, -0.25) is 0 Å². The summed E-state index contributed by atoms with van der Waals surface area (Å²) < 4.78 is 24.4. The van der Waals surface area contributed by atoms with E-state index in [1.54, 1.807) is 12.1 Å². The predicted molar refractivity (Wildman–Crippen MR) is 81.6 cm³/mol. The average molecular weight is 293 g/mol. The minimum absolute atomic E-state index is 0.572. The number of thioether (sulfide) groups is 1. The highest BCUT2D eigenvalue weighted by Gasteiger charge is 2.04. The third-order valence-electron chi connectivity index (χ3n) is 2.89. The SMILES string of the molecule is FC(F)Sc1ccc(NCCCc2ccccc2)cc1. The molecule has 0 heterocycles. The van der Waals surface area contributed by atoms with Gasteiger partial charge in [0.1, 0.15) is 0 Å². The molecule has 106 valence electrons. The number of benzene rings is 2. The molecule has 0 atom stereocenters. The smallest absolute Gasteiger partial charge is 0.288 e. The lowest BCUT2D eigenvalue weighted by Gasteiger charge is -2.07. The number of halogens is 2. The van der Waals surface area contributed by atoms with E-state index in [0.29, 0.717) is 16.7 Å². The number of hydrogen-bond acceptors (Lipinski definition) is 2. The highest BCUT2D eigenvalue weighted by Crippen LogP contribution is 2.26. The Morgan fingerprint density at radius 3 is 2.30 bits per heavy atom. The highest BCUT2D eigenvalue weighted by atomic mass is 32.2. The summed E-state index contributed by atoms with van der Waals surface area (Å²) in [6.07, 6.45) is 2.07. The van der Waals surface area contributed by atoms with E-state index in [0.717, 1.165) is 25.1 Å². The number of aryl methyl sites for hydroxylation is 1. The van der Waals surface area contributed by atoms with Gasteiger partial charge in [0, 0.05) is 17.1 Å². The first kappa shape index (κ1) is 14.9. The monoisotopic (exact) mass is 293 g/mol. The summed E-state index contributed by atoms with van der Waals surface area (Å²) in [6.45, 7) is 0.871. The van der Waals surface area contributed by atoms with Crippen LogP contribution in [0.4, 0.5) is 14.5 Å². The second kappa shape index (κ2) is 7.90. The summed E-state index contributed by atoms with van der Waals surface area (Å²) >= 11 is 0.572. The molecule has 4 heteroatoms. The molecule has 0 unspecified atom stereocenters. The molecule has 2 aromatic carbocycles. The third kappa shape index (κ3) is 5.21. The molecule has 0 saturated carbocycles. The Hall–Kier alpha value is -1.55. The van der Waals surface area contributed by atoms with E-state index in [1.807, 2.05) is 30.3 Å². The van der Waals surface area contributed by atoms with Crippen LogP contribution in [-0.4, -0.2) is 12.3 Å². The minimum Gasteiger partial charge on any atom is -0.385 e. The molecule has 0 saturated heterocycles. The molecule has 0 aliphatic heterocycles. The fourth-order valence-corrected chi connectivity index (χ4v) is 2.42. The van der Waals surface area contributed by atoms with E-state index in [1.165, 1.54) is 5.56 Å². The van der Waals surface area contributed by atoms with E-state index >= 15 is 0 Å². The van der Waals surface area contributed by atoms with Crippen LogP contribution in [0.3, 0.4) is 0 Å². The Labute approximate surface area is 122 Å². The second-order valence-corrected chi connectivity index (χ2v) is 5.48. The van der Waals surface area contributed by atoms with Gasteiger partial charge < -0.3 is 5.32 Å².